The minimum absolute atomic E-state index is 0.284. The van der Waals surface area contributed by atoms with Gasteiger partial charge in [0.05, 0.1) is 7.11 Å². The highest BCUT2D eigenvalue weighted by Gasteiger charge is 2.41. The second-order valence-electron chi connectivity index (χ2n) is 5.16. The van der Waals surface area contributed by atoms with Crippen molar-refractivity contribution in [1.82, 2.24) is 5.32 Å². The van der Waals surface area contributed by atoms with Gasteiger partial charge < -0.3 is 19.9 Å². The van der Waals surface area contributed by atoms with Crippen molar-refractivity contribution in [3.8, 4) is 11.5 Å². The Hall–Kier alpha value is -0.910. The van der Waals surface area contributed by atoms with Crippen molar-refractivity contribution >= 4 is 11.8 Å². The average Bonchev–Trinajstić information content (AvgIpc) is 3.26. The van der Waals surface area contributed by atoms with Crippen LogP contribution in [0.5, 0.6) is 11.5 Å². The normalized spacial score (nSPS) is 17.6. The van der Waals surface area contributed by atoms with Crippen LogP contribution >= 0.6 is 11.8 Å². The summed E-state index contributed by atoms with van der Waals surface area (Å²) in [5.74, 6) is 1.47. The van der Waals surface area contributed by atoms with Crippen LogP contribution in [-0.4, -0.2) is 49.0 Å². The van der Waals surface area contributed by atoms with Crippen LogP contribution in [-0.2, 0) is 0 Å². The lowest BCUT2D eigenvalue weighted by molar-refractivity contribution is 0.106. The first kappa shape index (κ1) is 15.5. The standard InChI is InChI=1S/C15H23NO3S/c1-18-13-4-3-5-14(8-13)19-10-12(17)9-16-11-15(20-2)6-7-15/h3-5,8,12,16-17H,6-7,9-11H2,1-2H3. The Morgan fingerprint density at radius 2 is 2.15 bits per heavy atom. The predicted octanol–water partition coefficient (Wildman–Crippen LogP) is 1.92. The molecule has 1 unspecified atom stereocenters. The maximum absolute atomic E-state index is 9.90. The molecule has 1 aliphatic carbocycles. The summed E-state index contributed by atoms with van der Waals surface area (Å²) in [5, 5.41) is 13.2. The highest BCUT2D eigenvalue weighted by Crippen LogP contribution is 2.46. The molecular weight excluding hydrogens is 274 g/mol. The monoisotopic (exact) mass is 297 g/mol. The molecular formula is C15H23NO3S. The lowest BCUT2D eigenvalue weighted by Crippen LogP contribution is -2.35. The summed E-state index contributed by atoms with van der Waals surface area (Å²) in [6, 6.07) is 7.40. The average molecular weight is 297 g/mol. The number of nitrogens with one attached hydrogen (secondary N) is 1. The van der Waals surface area contributed by atoms with E-state index >= 15 is 0 Å². The molecule has 0 saturated heterocycles. The number of hydrogen-bond donors (Lipinski definition) is 2. The quantitative estimate of drug-likeness (QED) is 0.729. The first-order valence-corrected chi connectivity index (χ1v) is 8.11. The van der Waals surface area contributed by atoms with Crippen LogP contribution in [0.2, 0.25) is 0 Å². The fourth-order valence-electron chi connectivity index (χ4n) is 2.00. The fourth-order valence-corrected chi connectivity index (χ4v) is 2.76. The van der Waals surface area contributed by atoms with Crippen LogP contribution in [0.4, 0.5) is 0 Å². The lowest BCUT2D eigenvalue weighted by Gasteiger charge is -2.16. The minimum atomic E-state index is -0.501. The summed E-state index contributed by atoms with van der Waals surface area (Å²) in [7, 11) is 1.62. The maximum atomic E-state index is 9.90. The first-order chi connectivity index (χ1) is 9.67. The van der Waals surface area contributed by atoms with E-state index in [-0.39, 0.29) is 6.61 Å². The Labute approximate surface area is 124 Å². The number of methoxy groups -OCH3 is 1. The molecule has 1 aliphatic rings. The molecule has 112 valence electrons. The summed E-state index contributed by atoms with van der Waals surface area (Å²) in [6.07, 6.45) is 4.20. The second-order valence-corrected chi connectivity index (χ2v) is 6.44. The van der Waals surface area contributed by atoms with Gasteiger partial charge in [-0.15, -0.1) is 0 Å². The smallest absolute Gasteiger partial charge is 0.123 e. The Bertz CT molecular complexity index is 423. The van der Waals surface area contributed by atoms with E-state index in [1.807, 2.05) is 36.0 Å². The lowest BCUT2D eigenvalue weighted by atomic mass is 10.3. The molecule has 0 radical (unpaired) electrons. The number of thioether (sulfide) groups is 1. The molecule has 2 rings (SSSR count). The molecule has 0 amide bonds. The van der Waals surface area contributed by atoms with Gasteiger partial charge in [-0.1, -0.05) is 6.07 Å². The van der Waals surface area contributed by atoms with Gasteiger partial charge in [0.1, 0.15) is 24.2 Å². The van der Waals surface area contributed by atoms with Gasteiger partial charge >= 0.3 is 0 Å². The Kier molecular flexibility index (Phi) is 5.57. The molecule has 1 saturated carbocycles. The van der Waals surface area contributed by atoms with Gasteiger partial charge in [-0.05, 0) is 31.2 Å². The molecule has 0 heterocycles. The Morgan fingerprint density at radius 1 is 1.40 bits per heavy atom. The van der Waals surface area contributed by atoms with Crippen molar-refractivity contribution in [1.29, 1.82) is 0 Å². The van der Waals surface area contributed by atoms with Gasteiger partial charge in [0.2, 0.25) is 0 Å². The zero-order valence-electron chi connectivity index (χ0n) is 12.1. The Balaban J connectivity index is 1.65. The van der Waals surface area contributed by atoms with E-state index in [0.717, 1.165) is 12.3 Å². The molecule has 1 fully saturated rings. The van der Waals surface area contributed by atoms with Crippen LogP contribution in [0.15, 0.2) is 24.3 Å². The van der Waals surface area contributed by atoms with Crippen molar-refractivity contribution in [2.24, 2.45) is 0 Å². The molecule has 5 heteroatoms. The topological polar surface area (TPSA) is 50.7 Å². The van der Waals surface area contributed by atoms with Crippen LogP contribution in [0.25, 0.3) is 0 Å². The summed E-state index contributed by atoms with van der Waals surface area (Å²) in [5.41, 5.74) is 0. The van der Waals surface area contributed by atoms with E-state index in [1.54, 1.807) is 7.11 Å². The third kappa shape index (κ3) is 4.58. The van der Waals surface area contributed by atoms with Crippen LogP contribution in [0.3, 0.4) is 0 Å². The van der Waals surface area contributed by atoms with Crippen molar-refractivity contribution in [2.75, 3.05) is 33.1 Å². The summed E-state index contributed by atoms with van der Waals surface area (Å²) < 4.78 is 11.1. The first-order valence-electron chi connectivity index (χ1n) is 6.88. The highest BCUT2D eigenvalue weighted by molar-refractivity contribution is 8.00. The maximum Gasteiger partial charge on any atom is 0.123 e. The van der Waals surface area contributed by atoms with Crippen molar-refractivity contribution in [3.05, 3.63) is 24.3 Å². The third-order valence-electron chi connectivity index (χ3n) is 3.55. The molecule has 20 heavy (non-hydrogen) atoms. The molecule has 4 nitrogen and oxygen atoms in total. The molecule has 0 spiro atoms. The Morgan fingerprint density at radius 3 is 2.80 bits per heavy atom. The SMILES string of the molecule is COc1cccc(OCC(O)CNCC2(SC)CC2)c1. The van der Waals surface area contributed by atoms with E-state index in [2.05, 4.69) is 11.6 Å². The molecule has 0 bridgehead atoms. The minimum Gasteiger partial charge on any atom is -0.497 e. The zero-order chi connectivity index (χ0) is 14.4. The van der Waals surface area contributed by atoms with Gasteiger partial charge in [0.25, 0.3) is 0 Å². The number of ether oxygens (including phenoxy) is 2. The summed E-state index contributed by atoms with van der Waals surface area (Å²) in [4.78, 5) is 0. The van der Waals surface area contributed by atoms with Gasteiger partial charge in [0.15, 0.2) is 0 Å². The highest BCUT2D eigenvalue weighted by atomic mass is 32.2. The van der Waals surface area contributed by atoms with Gasteiger partial charge in [-0.25, -0.2) is 0 Å². The van der Waals surface area contributed by atoms with E-state index < -0.39 is 6.10 Å². The van der Waals surface area contributed by atoms with Crippen molar-refractivity contribution < 1.29 is 14.6 Å². The second kappa shape index (κ2) is 7.20. The van der Waals surface area contributed by atoms with Crippen molar-refractivity contribution in [2.45, 2.75) is 23.7 Å². The molecule has 1 atom stereocenters. The van der Waals surface area contributed by atoms with Gasteiger partial charge in [0, 0.05) is 23.9 Å². The van der Waals surface area contributed by atoms with Gasteiger partial charge in [-0.2, -0.15) is 11.8 Å². The van der Waals surface area contributed by atoms with E-state index in [4.69, 9.17) is 9.47 Å². The molecule has 1 aromatic rings. The summed E-state index contributed by atoms with van der Waals surface area (Å²) >= 11 is 1.91. The van der Waals surface area contributed by atoms with Crippen LogP contribution < -0.4 is 14.8 Å². The fraction of sp³-hybridized carbons (Fsp3) is 0.600. The van der Waals surface area contributed by atoms with Crippen molar-refractivity contribution in [3.63, 3.8) is 0 Å². The largest absolute Gasteiger partial charge is 0.497 e. The van der Waals surface area contributed by atoms with Crippen LogP contribution in [0.1, 0.15) is 12.8 Å². The predicted molar refractivity (Wildman–Crippen MR) is 82.8 cm³/mol. The van der Waals surface area contributed by atoms with E-state index in [1.165, 1.54) is 12.8 Å². The summed E-state index contributed by atoms with van der Waals surface area (Å²) in [6.45, 7) is 1.81. The number of aliphatic hydroxyl groups is 1. The van der Waals surface area contributed by atoms with E-state index in [9.17, 15) is 5.11 Å². The zero-order valence-corrected chi connectivity index (χ0v) is 12.9. The molecule has 1 aromatic carbocycles. The number of aliphatic hydroxyl groups excluding tert-OH is 1. The number of rotatable bonds is 9. The number of benzene rings is 1. The molecule has 2 N–H and O–H groups in total. The third-order valence-corrected chi connectivity index (χ3v) is 4.97. The molecule has 0 aliphatic heterocycles. The number of hydrogen-bond acceptors (Lipinski definition) is 5. The van der Waals surface area contributed by atoms with Crippen LogP contribution in [0, 0.1) is 0 Å². The van der Waals surface area contributed by atoms with E-state index in [0.29, 0.717) is 17.0 Å². The van der Waals surface area contributed by atoms with Gasteiger partial charge in [-0.3, -0.25) is 0 Å². The molecule has 0 aromatic heterocycles.